The summed E-state index contributed by atoms with van der Waals surface area (Å²) in [6.45, 7) is 2.02. The molecule has 0 bridgehead atoms. The molecule has 11 heavy (non-hydrogen) atoms. The number of rotatable bonds is 5. The zero-order chi connectivity index (χ0) is 8.85. The van der Waals surface area contributed by atoms with Gasteiger partial charge in [-0.15, -0.1) is 0 Å². The van der Waals surface area contributed by atoms with E-state index in [-0.39, 0.29) is 11.1 Å². The molecule has 6 heteroatoms. The summed E-state index contributed by atoms with van der Waals surface area (Å²) < 4.78 is 0. The Labute approximate surface area is 88.7 Å². The summed E-state index contributed by atoms with van der Waals surface area (Å²) in [6.07, 6.45) is 2.77. The summed E-state index contributed by atoms with van der Waals surface area (Å²) in [6, 6.07) is 0. The number of halogens is 4. The summed E-state index contributed by atoms with van der Waals surface area (Å²) in [5, 5.41) is 0. The highest BCUT2D eigenvalue weighted by Gasteiger charge is 2.16. The Kier molecular flexibility index (Phi) is 7.56. The molecule has 0 spiro atoms. The first kappa shape index (κ1) is 12.3. The summed E-state index contributed by atoms with van der Waals surface area (Å²) in [4.78, 5) is 0. The molecular formula is C5H10B2Cl4. The topological polar surface area (TPSA) is 0 Å². The van der Waals surface area contributed by atoms with E-state index in [0.717, 1.165) is 19.2 Å². The normalized spacial score (nSPS) is 12.8. The largest absolute Gasteiger partial charge is 0.354 e. The highest BCUT2D eigenvalue weighted by Crippen LogP contribution is 2.23. The zero-order valence-corrected chi connectivity index (χ0v) is 9.39. The van der Waals surface area contributed by atoms with Crippen LogP contribution >= 0.6 is 45.8 Å². The smallest absolute Gasteiger partial charge is 0.172 e. The first-order chi connectivity index (χ1) is 5.04. The molecule has 0 rings (SSSR count). The molecule has 1 unspecified atom stereocenters. The van der Waals surface area contributed by atoms with Crippen LogP contribution in [0, 0.1) is 0 Å². The van der Waals surface area contributed by atoms with Gasteiger partial charge in [-0.1, -0.05) is 19.8 Å². The second kappa shape index (κ2) is 6.77. The third kappa shape index (κ3) is 7.64. The highest BCUT2D eigenvalue weighted by molar-refractivity contribution is 7.34. The predicted molar refractivity (Wildman–Crippen MR) is 58.4 cm³/mol. The Morgan fingerprint density at radius 2 is 1.73 bits per heavy atom. The van der Waals surface area contributed by atoms with Crippen LogP contribution in [0.1, 0.15) is 19.8 Å². The fraction of sp³-hybridized carbons (Fsp3) is 1.00. The predicted octanol–water partition coefficient (Wildman–Crippen LogP) is 4.09. The minimum Gasteiger partial charge on any atom is -0.172 e. The second-order valence-corrected chi connectivity index (χ2v) is 5.07. The van der Waals surface area contributed by atoms with E-state index >= 15 is 0 Å². The Bertz CT molecular complexity index is 98.5. The third-order valence-electron chi connectivity index (χ3n) is 1.51. The van der Waals surface area contributed by atoms with Crippen molar-refractivity contribution in [3.8, 4) is 0 Å². The van der Waals surface area contributed by atoms with Crippen LogP contribution in [-0.4, -0.2) is 11.1 Å². The molecule has 0 aromatic rings. The van der Waals surface area contributed by atoms with Crippen molar-refractivity contribution in [3.63, 3.8) is 0 Å². The Morgan fingerprint density at radius 1 is 1.18 bits per heavy atom. The van der Waals surface area contributed by atoms with E-state index in [2.05, 4.69) is 0 Å². The molecule has 0 aromatic carbocycles. The lowest BCUT2D eigenvalue weighted by Crippen LogP contribution is -2.03. The Hall–Kier alpha value is 1.29. The van der Waals surface area contributed by atoms with Crippen LogP contribution in [0.3, 0.4) is 0 Å². The van der Waals surface area contributed by atoms with Gasteiger partial charge in [-0.2, -0.15) is 45.8 Å². The standard InChI is InChI=1S/C5H10B2Cl4/c1-5(7(10)11)3-2-4-6(8)9/h5H,2-4H2,1H3. The monoisotopic (exact) mass is 232 g/mol. The number of hydrogen-bond acceptors (Lipinski definition) is 0. The molecule has 0 aliphatic carbocycles. The van der Waals surface area contributed by atoms with E-state index in [9.17, 15) is 0 Å². The molecular weight excluding hydrogens is 223 g/mol. The van der Waals surface area contributed by atoms with Crippen molar-refractivity contribution < 1.29 is 0 Å². The van der Waals surface area contributed by atoms with Crippen LogP contribution in [0.4, 0.5) is 0 Å². The average molecular weight is 234 g/mol. The molecule has 0 aromatic heterocycles. The van der Waals surface area contributed by atoms with Gasteiger partial charge in [0, 0.05) is 0 Å². The fourth-order valence-corrected chi connectivity index (χ4v) is 1.28. The lowest BCUT2D eigenvalue weighted by atomic mass is 9.80. The fourth-order valence-electron chi connectivity index (χ4n) is 0.720. The van der Waals surface area contributed by atoms with Gasteiger partial charge in [-0.05, 0) is 12.1 Å². The molecule has 0 heterocycles. The average Bonchev–Trinajstić information content (AvgIpc) is 1.86. The summed E-state index contributed by atoms with van der Waals surface area (Å²) in [5.74, 6) is 0.324. The van der Waals surface area contributed by atoms with E-state index in [1.807, 2.05) is 6.92 Å². The first-order valence-electron chi connectivity index (χ1n) is 3.60. The first-order valence-corrected chi connectivity index (χ1v) is 5.35. The maximum Gasteiger partial charge on any atom is 0.354 e. The van der Waals surface area contributed by atoms with Crippen molar-refractivity contribution in [1.29, 1.82) is 0 Å². The highest BCUT2D eigenvalue weighted by atomic mass is 35.5. The van der Waals surface area contributed by atoms with E-state index in [1.54, 1.807) is 0 Å². The van der Waals surface area contributed by atoms with Crippen LogP contribution in [0.5, 0.6) is 0 Å². The molecule has 0 aliphatic heterocycles. The van der Waals surface area contributed by atoms with Crippen molar-refractivity contribution in [2.45, 2.75) is 31.9 Å². The molecule has 0 aliphatic rings. The van der Waals surface area contributed by atoms with Gasteiger partial charge in [0.25, 0.3) is 0 Å². The van der Waals surface area contributed by atoms with Crippen LogP contribution in [-0.2, 0) is 0 Å². The van der Waals surface area contributed by atoms with E-state index < -0.39 is 0 Å². The summed E-state index contributed by atoms with van der Waals surface area (Å²) in [5.41, 5.74) is -0.537. The lowest BCUT2D eigenvalue weighted by Gasteiger charge is -2.07. The van der Waals surface area contributed by atoms with Crippen molar-refractivity contribution in [1.82, 2.24) is 0 Å². The van der Waals surface area contributed by atoms with Gasteiger partial charge in [0.05, 0.1) is 0 Å². The van der Waals surface area contributed by atoms with Gasteiger partial charge in [0.15, 0.2) is 0 Å². The lowest BCUT2D eigenvalue weighted by molar-refractivity contribution is 0.763. The van der Waals surface area contributed by atoms with Gasteiger partial charge < -0.3 is 0 Å². The van der Waals surface area contributed by atoms with Crippen LogP contribution < -0.4 is 0 Å². The minimum absolute atomic E-state index is 0.258. The number of hydrogen-bond donors (Lipinski definition) is 0. The quantitative estimate of drug-likeness (QED) is 0.628. The zero-order valence-electron chi connectivity index (χ0n) is 6.37. The van der Waals surface area contributed by atoms with Gasteiger partial charge >= 0.3 is 11.1 Å². The van der Waals surface area contributed by atoms with Gasteiger partial charge in [0.2, 0.25) is 0 Å². The van der Waals surface area contributed by atoms with E-state index in [0.29, 0.717) is 5.82 Å². The Morgan fingerprint density at radius 3 is 2.09 bits per heavy atom. The van der Waals surface area contributed by atoms with Crippen molar-refractivity contribution in [2.75, 3.05) is 0 Å². The van der Waals surface area contributed by atoms with E-state index in [4.69, 9.17) is 45.8 Å². The summed E-state index contributed by atoms with van der Waals surface area (Å²) >= 11 is 22.4. The van der Waals surface area contributed by atoms with Crippen molar-refractivity contribution in [3.05, 3.63) is 0 Å². The maximum absolute atomic E-state index is 5.64. The van der Waals surface area contributed by atoms with Crippen LogP contribution in [0.25, 0.3) is 0 Å². The maximum atomic E-state index is 5.64. The molecule has 0 fully saturated rings. The molecule has 0 N–H and O–H groups in total. The minimum atomic E-state index is -0.279. The molecule has 0 saturated heterocycles. The van der Waals surface area contributed by atoms with Gasteiger partial charge in [-0.3, -0.25) is 0 Å². The van der Waals surface area contributed by atoms with Crippen LogP contribution in [0.15, 0.2) is 0 Å². The molecule has 0 saturated carbocycles. The SMILES string of the molecule is CC(CCCB(Cl)Cl)B(Cl)Cl. The second-order valence-electron chi connectivity index (χ2n) is 2.63. The van der Waals surface area contributed by atoms with Crippen molar-refractivity contribution >= 4 is 56.9 Å². The molecule has 0 amide bonds. The van der Waals surface area contributed by atoms with Crippen LogP contribution in [0.2, 0.25) is 12.1 Å². The van der Waals surface area contributed by atoms with E-state index in [1.165, 1.54) is 0 Å². The molecule has 0 nitrogen and oxygen atoms in total. The molecule has 0 radical (unpaired) electrons. The van der Waals surface area contributed by atoms with Gasteiger partial charge in [0.1, 0.15) is 0 Å². The Balaban J connectivity index is 3.24. The molecule has 1 atom stereocenters. The van der Waals surface area contributed by atoms with Gasteiger partial charge in [-0.25, -0.2) is 0 Å². The summed E-state index contributed by atoms with van der Waals surface area (Å²) in [7, 11) is 0. The molecule has 64 valence electrons. The van der Waals surface area contributed by atoms with Crippen molar-refractivity contribution in [2.24, 2.45) is 0 Å². The third-order valence-corrected chi connectivity index (χ3v) is 2.81.